The van der Waals surface area contributed by atoms with Crippen molar-refractivity contribution in [2.24, 2.45) is 5.73 Å². The number of hydrogen-bond acceptors (Lipinski definition) is 3. The second-order valence-electron chi connectivity index (χ2n) is 6.33. The van der Waals surface area contributed by atoms with Crippen LogP contribution in [0.4, 0.5) is 5.69 Å². The first-order chi connectivity index (χ1) is 10.2. The molecule has 0 atom stereocenters. The number of nitrogens with zero attached hydrogens (tertiary/aromatic N) is 1. The summed E-state index contributed by atoms with van der Waals surface area (Å²) in [6.45, 7) is 2.76. The molecule has 1 aromatic rings. The first-order valence-electron chi connectivity index (χ1n) is 8.06. The Morgan fingerprint density at radius 2 is 1.95 bits per heavy atom. The zero-order valence-electron chi connectivity index (χ0n) is 12.6. The fourth-order valence-electron chi connectivity index (χ4n) is 3.85. The monoisotopic (exact) mass is 287 g/mol. The maximum atomic E-state index is 11.7. The van der Waals surface area contributed by atoms with Gasteiger partial charge in [0.2, 0.25) is 5.91 Å². The molecule has 21 heavy (non-hydrogen) atoms. The molecule has 0 radical (unpaired) electrons. The van der Waals surface area contributed by atoms with Gasteiger partial charge in [-0.05, 0) is 24.5 Å². The Balaban J connectivity index is 1.96. The summed E-state index contributed by atoms with van der Waals surface area (Å²) < 4.78 is 0. The Kier molecular flexibility index (Phi) is 4.15. The standard InChI is InChI=1S/C17H25N3O/c18-13-17(8-4-1-5-9-17)14-6-2-3-7-15(14)20-11-10-19-16(21)12-20/h2-3,6-7H,1,4-5,8-13,18H2,(H,19,21). The summed E-state index contributed by atoms with van der Waals surface area (Å²) in [5.41, 5.74) is 8.86. The Morgan fingerprint density at radius 3 is 2.67 bits per heavy atom. The van der Waals surface area contributed by atoms with Crippen LogP contribution in [-0.4, -0.2) is 32.1 Å². The predicted octanol–water partition coefficient (Wildman–Crippen LogP) is 1.78. The molecule has 1 heterocycles. The second kappa shape index (κ2) is 6.06. The average molecular weight is 287 g/mol. The van der Waals surface area contributed by atoms with Crippen LogP contribution in [0.2, 0.25) is 0 Å². The van der Waals surface area contributed by atoms with Crippen molar-refractivity contribution in [2.45, 2.75) is 37.5 Å². The molecule has 2 fully saturated rings. The molecule has 3 rings (SSSR count). The van der Waals surface area contributed by atoms with Crippen molar-refractivity contribution >= 4 is 11.6 Å². The lowest BCUT2D eigenvalue weighted by Crippen LogP contribution is -2.49. The van der Waals surface area contributed by atoms with Gasteiger partial charge in [-0.15, -0.1) is 0 Å². The van der Waals surface area contributed by atoms with Crippen LogP contribution in [-0.2, 0) is 10.2 Å². The number of anilines is 1. The van der Waals surface area contributed by atoms with Gasteiger partial charge < -0.3 is 16.0 Å². The fraction of sp³-hybridized carbons (Fsp3) is 0.588. The maximum Gasteiger partial charge on any atom is 0.239 e. The minimum absolute atomic E-state index is 0.1000. The molecule has 0 aromatic heterocycles. The number of nitrogens with two attached hydrogens (primary N) is 1. The molecule has 2 aliphatic rings. The highest BCUT2D eigenvalue weighted by Crippen LogP contribution is 2.42. The summed E-state index contributed by atoms with van der Waals surface area (Å²) in [5, 5.41) is 2.90. The number of para-hydroxylation sites is 1. The molecule has 1 aromatic carbocycles. The van der Waals surface area contributed by atoms with Crippen molar-refractivity contribution in [1.29, 1.82) is 0 Å². The molecule has 1 amide bonds. The third-order valence-electron chi connectivity index (χ3n) is 5.06. The third-order valence-corrected chi connectivity index (χ3v) is 5.06. The van der Waals surface area contributed by atoms with E-state index < -0.39 is 0 Å². The summed E-state index contributed by atoms with van der Waals surface area (Å²) >= 11 is 0. The lowest BCUT2D eigenvalue weighted by molar-refractivity contribution is -0.120. The van der Waals surface area contributed by atoms with Crippen molar-refractivity contribution in [3.8, 4) is 0 Å². The highest BCUT2D eigenvalue weighted by molar-refractivity contribution is 5.83. The van der Waals surface area contributed by atoms with Crippen LogP contribution in [0.25, 0.3) is 0 Å². The first kappa shape index (κ1) is 14.4. The van der Waals surface area contributed by atoms with Gasteiger partial charge in [-0.3, -0.25) is 4.79 Å². The van der Waals surface area contributed by atoms with E-state index in [9.17, 15) is 4.79 Å². The van der Waals surface area contributed by atoms with Gasteiger partial charge in [0, 0.05) is 30.7 Å². The van der Waals surface area contributed by atoms with Crippen LogP contribution in [0.5, 0.6) is 0 Å². The van der Waals surface area contributed by atoms with Gasteiger partial charge in [0.25, 0.3) is 0 Å². The molecule has 4 nitrogen and oxygen atoms in total. The highest BCUT2D eigenvalue weighted by atomic mass is 16.2. The Morgan fingerprint density at radius 1 is 1.19 bits per heavy atom. The maximum absolute atomic E-state index is 11.7. The largest absolute Gasteiger partial charge is 0.360 e. The highest BCUT2D eigenvalue weighted by Gasteiger charge is 2.35. The SMILES string of the molecule is NCC1(c2ccccc2N2CCNC(=O)C2)CCCCC1. The van der Waals surface area contributed by atoms with Gasteiger partial charge in [-0.1, -0.05) is 37.5 Å². The molecular weight excluding hydrogens is 262 g/mol. The summed E-state index contributed by atoms with van der Waals surface area (Å²) in [6, 6.07) is 8.55. The van der Waals surface area contributed by atoms with E-state index in [1.54, 1.807) is 0 Å². The van der Waals surface area contributed by atoms with Crippen molar-refractivity contribution in [3.63, 3.8) is 0 Å². The van der Waals surface area contributed by atoms with E-state index in [2.05, 4.69) is 34.5 Å². The van der Waals surface area contributed by atoms with Crippen LogP contribution in [0.3, 0.4) is 0 Å². The smallest absolute Gasteiger partial charge is 0.239 e. The number of benzene rings is 1. The van der Waals surface area contributed by atoms with Gasteiger partial charge in [0.05, 0.1) is 6.54 Å². The summed E-state index contributed by atoms with van der Waals surface area (Å²) in [4.78, 5) is 13.9. The number of nitrogens with one attached hydrogen (secondary N) is 1. The number of hydrogen-bond donors (Lipinski definition) is 2. The molecule has 4 heteroatoms. The summed E-state index contributed by atoms with van der Waals surface area (Å²) in [6.07, 6.45) is 6.16. The van der Waals surface area contributed by atoms with E-state index in [0.717, 1.165) is 13.1 Å². The van der Waals surface area contributed by atoms with E-state index in [1.807, 2.05) is 0 Å². The quantitative estimate of drug-likeness (QED) is 0.891. The van der Waals surface area contributed by atoms with Crippen LogP contribution in [0.15, 0.2) is 24.3 Å². The van der Waals surface area contributed by atoms with E-state index >= 15 is 0 Å². The van der Waals surface area contributed by atoms with Gasteiger partial charge in [0.1, 0.15) is 0 Å². The molecule has 0 bridgehead atoms. The zero-order chi connectivity index (χ0) is 14.7. The van der Waals surface area contributed by atoms with Crippen LogP contribution in [0.1, 0.15) is 37.7 Å². The lowest BCUT2D eigenvalue weighted by Gasteiger charge is -2.40. The number of amides is 1. The molecule has 1 aliphatic carbocycles. The molecule has 1 saturated carbocycles. The zero-order valence-corrected chi connectivity index (χ0v) is 12.6. The van der Waals surface area contributed by atoms with Crippen LogP contribution < -0.4 is 16.0 Å². The van der Waals surface area contributed by atoms with E-state index in [-0.39, 0.29) is 11.3 Å². The van der Waals surface area contributed by atoms with E-state index in [4.69, 9.17) is 5.73 Å². The predicted molar refractivity (Wildman–Crippen MR) is 85.5 cm³/mol. The summed E-state index contributed by atoms with van der Waals surface area (Å²) in [5.74, 6) is 0.112. The molecular formula is C17H25N3O. The Hall–Kier alpha value is -1.55. The van der Waals surface area contributed by atoms with Gasteiger partial charge >= 0.3 is 0 Å². The minimum Gasteiger partial charge on any atom is -0.360 e. The van der Waals surface area contributed by atoms with Gasteiger partial charge in [-0.25, -0.2) is 0 Å². The molecule has 0 spiro atoms. The first-order valence-corrected chi connectivity index (χ1v) is 8.06. The van der Waals surface area contributed by atoms with E-state index in [1.165, 1.54) is 43.4 Å². The fourth-order valence-corrected chi connectivity index (χ4v) is 3.85. The molecule has 1 aliphatic heterocycles. The molecule has 3 N–H and O–H groups in total. The van der Waals surface area contributed by atoms with Crippen molar-refractivity contribution in [1.82, 2.24) is 5.32 Å². The van der Waals surface area contributed by atoms with Crippen LogP contribution in [0, 0.1) is 0 Å². The number of piperazine rings is 1. The minimum atomic E-state index is 0.1000. The average Bonchev–Trinajstić information content (AvgIpc) is 2.55. The van der Waals surface area contributed by atoms with Gasteiger partial charge in [-0.2, -0.15) is 0 Å². The Labute approximate surface area is 126 Å². The van der Waals surface area contributed by atoms with E-state index in [0.29, 0.717) is 13.1 Å². The topological polar surface area (TPSA) is 58.4 Å². The number of carbonyl (C=O) groups is 1. The third kappa shape index (κ3) is 2.77. The molecule has 0 unspecified atom stereocenters. The lowest BCUT2D eigenvalue weighted by atomic mass is 9.69. The normalized spacial score (nSPS) is 22.0. The second-order valence-corrected chi connectivity index (χ2v) is 6.33. The van der Waals surface area contributed by atoms with Crippen LogP contribution >= 0.6 is 0 Å². The van der Waals surface area contributed by atoms with Crippen molar-refractivity contribution in [3.05, 3.63) is 29.8 Å². The molecule has 114 valence electrons. The van der Waals surface area contributed by atoms with Gasteiger partial charge in [0.15, 0.2) is 0 Å². The number of carbonyl (C=O) groups excluding carboxylic acids is 1. The van der Waals surface area contributed by atoms with Crippen molar-refractivity contribution in [2.75, 3.05) is 31.1 Å². The van der Waals surface area contributed by atoms with Crippen molar-refractivity contribution < 1.29 is 4.79 Å². The number of rotatable bonds is 3. The summed E-state index contributed by atoms with van der Waals surface area (Å²) in [7, 11) is 0. The molecule has 1 saturated heterocycles. The Bertz CT molecular complexity index is 509.